The standard InChI is InChI=1S/C29H29Cl2N5O6S2/c1-41-29(38)25-23(33-27(28-32-11-14-43-28)34-26(25)21-9-7-18(30)15-22(21)31)17-36-12-13-42-19(16-36)8-10-24(37)35-44(39,40)20-5-3-2-4-6-20/h2-7,9,11,14-15,19,26H,8,10,12-13,16-17H2,1H3,(H,33,34)(H,35,37). The number of morpholine rings is 1. The monoisotopic (exact) mass is 677 g/mol. The summed E-state index contributed by atoms with van der Waals surface area (Å²) in [5.74, 6) is -0.697. The van der Waals surface area contributed by atoms with E-state index in [0.29, 0.717) is 70.4 Å². The van der Waals surface area contributed by atoms with Gasteiger partial charge in [0.1, 0.15) is 6.04 Å². The number of aromatic nitrogens is 1. The molecule has 0 spiro atoms. The van der Waals surface area contributed by atoms with Crippen molar-refractivity contribution in [3.05, 3.63) is 92.0 Å². The average Bonchev–Trinajstić information content (AvgIpc) is 3.55. The van der Waals surface area contributed by atoms with Crippen LogP contribution in [-0.2, 0) is 29.1 Å². The summed E-state index contributed by atoms with van der Waals surface area (Å²) in [6.07, 6.45) is 1.59. The van der Waals surface area contributed by atoms with Crippen molar-refractivity contribution in [3.8, 4) is 0 Å². The highest BCUT2D eigenvalue weighted by Crippen LogP contribution is 2.37. The lowest BCUT2D eigenvalue weighted by atomic mass is 9.95. The van der Waals surface area contributed by atoms with Gasteiger partial charge in [0.05, 0.1) is 30.3 Å². The van der Waals surface area contributed by atoms with Gasteiger partial charge in [-0.25, -0.2) is 22.9 Å². The van der Waals surface area contributed by atoms with Crippen LogP contribution in [0, 0.1) is 0 Å². The Kier molecular flexibility index (Phi) is 10.3. The fraction of sp³-hybridized carbons (Fsp3) is 0.310. The molecular weight excluding hydrogens is 649 g/mol. The quantitative estimate of drug-likeness (QED) is 0.305. The minimum absolute atomic E-state index is 0.0157. The normalized spacial score (nSPS) is 19.2. The minimum atomic E-state index is -3.96. The van der Waals surface area contributed by atoms with Crippen LogP contribution in [0.2, 0.25) is 10.0 Å². The van der Waals surface area contributed by atoms with Gasteiger partial charge in [-0.1, -0.05) is 47.5 Å². The van der Waals surface area contributed by atoms with Gasteiger partial charge in [-0.2, -0.15) is 0 Å². The van der Waals surface area contributed by atoms with E-state index < -0.39 is 27.9 Å². The van der Waals surface area contributed by atoms with Gasteiger partial charge in [0.2, 0.25) is 5.91 Å². The van der Waals surface area contributed by atoms with Crippen molar-refractivity contribution < 1.29 is 27.5 Å². The summed E-state index contributed by atoms with van der Waals surface area (Å²) in [6.45, 7) is 1.69. The molecule has 44 heavy (non-hydrogen) atoms. The number of carbonyl (C=O) groups is 2. The number of sulfonamides is 1. The Morgan fingerprint density at radius 3 is 2.70 bits per heavy atom. The third kappa shape index (κ3) is 7.65. The highest BCUT2D eigenvalue weighted by atomic mass is 35.5. The van der Waals surface area contributed by atoms with E-state index in [0.717, 1.165) is 0 Å². The van der Waals surface area contributed by atoms with Crippen LogP contribution in [0.15, 0.2) is 81.3 Å². The van der Waals surface area contributed by atoms with Crippen molar-refractivity contribution in [2.24, 2.45) is 4.99 Å². The molecule has 2 aliphatic heterocycles. The largest absolute Gasteiger partial charge is 0.466 e. The number of thiazole rings is 1. The maximum atomic E-state index is 13.2. The molecule has 2 unspecified atom stereocenters. The second-order valence-corrected chi connectivity index (χ2v) is 13.4. The number of amidine groups is 1. The molecule has 3 aromatic rings. The summed E-state index contributed by atoms with van der Waals surface area (Å²) in [4.78, 5) is 37.1. The van der Waals surface area contributed by atoms with Gasteiger partial charge in [-0.05, 0) is 30.7 Å². The lowest BCUT2D eigenvalue weighted by molar-refractivity contribution is -0.136. The third-order valence-electron chi connectivity index (χ3n) is 7.02. The Hall–Kier alpha value is -3.33. The van der Waals surface area contributed by atoms with E-state index in [9.17, 15) is 18.0 Å². The van der Waals surface area contributed by atoms with Crippen molar-refractivity contribution >= 4 is 62.3 Å². The van der Waals surface area contributed by atoms with Crippen LogP contribution in [0.1, 0.15) is 29.5 Å². The molecule has 15 heteroatoms. The Morgan fingerprint density at radius 1 is 1.20 bits per heavy atom. The highest BCUT2D eigenvalue weighted by molar-refractivity contribution is 7.90. The molecule has 232 valence electrons. The van der Waals surface area contributed by atoms with Crippen molar-refractivity contribution in [2.75, 3.05) is 33.4 Å². The fourth-order valence-electron chi connectivity index (χ4n) is 4.94. The number of nitrogens with one attached hydrogen (secondary N) is 2. The summed E-state index contributed by atoms with van der Waals surface area (Å²) < 4.78 is 38.2. The molecule has 1 amide bonds. The predicted octanol–water partition coefficient (Wildman–Crippen LogP) is 3.95. The number of ether oxygens (including phenoxy) is 2. The molecule has 1 aromatic heterocycles. The first-order valence-corrected chi connectivity index (χ1v) is 16.7. The van der Waals surface area contributed by atoms with Crippen LogP contribution in [0.3, 0.4) is 0 Å². The summed E-state index contributed by atoms with van der Waals surface area (Å²) in [5, 5.41) is 6.57. The Labute approximate surface area is 268 Å². The SMILES string of the molecule is COC(=O)C1=C(CN2CCOC(CCC(=O)NS(=O)(=O)c3ccccc3)C2)NC(c2nccs2)=NC1c1ccc(Cl)cc1Cl. The molecule has 3 heterocycles. The van der Waals surface area contributed by atoms with E-state index in [2.05, 4.69) is 19.9 Å². The van der Waals surface area contributed by atoms with E-state index in [1.54, 1.807) is 42.6 Å². The number of rotatable bonds is 10. The third-order valence-corrected chi connectivity index (χ3v) is 9.75. The molecule has 0 saturated carbocycles. The molecule has 2 aromatic carbocycles. The molecule has 1 saturated heterocycles. The maximum absolute atomic E-state index is 13.2. The number of esters is 1. The molecule has 5 rings (SSSR count). The van der Waals surface area contributed by atoms with Gasteiger partial charge >= 0.3 is 5.97 Å². The smallest absolute Gasteiger partial charge is 0.338 e. The highest BCUT2D eigenvalue weighted by Gasteiger charge is 2.35. The summed E-state index contributed by atoms with van der Waals surface area (Å²) in [5.41, 5.74) is 1.45. The zero-order chi connectivity index (χ0) is 31.3. The van der Waals surface area contributed by atoms with E-state index in [1.165, 1.54) is 30.6 Å². The number of hydrogen-bond donors (Lipinski definition) is 2. The number of carbonyl (C=O) groups excluding carboxylic acids is 2. The topological polar surface area (TPSA) is 139 Å². The first-order valence-electron chi connectivity index (χ1n) is 13.6. The second kappa shape index (κ2) is 14.2. The average molecular weight is 679 g/mol. The van der Waals surface area contributed by atoms with Gasteiger partial charge in [-0.3, -0.25) is 14.7 Å². The number of aliphatic imine (C=N–C) groups is 1. The molecule has 1 fully saturated rings. The number of methoxy groups -OCH3 is 1. The van der Waals surface area contributed by atoms with Crippen LogP contribution in [0.4, 0.5) is 0 Å². The number of benzene rings is 2. The Balaban J connectivity index is 1.33. The van der Waals surface area contributed by atoms with E-state index in [1.807, 2.05) is 5.38 Å². The fourth-order valence-corrected chi connectivity index (χ4v) is 7.08. The van der Waals surface area contributed by atoms with Crippen molar-refractivity contribution in [3.63, 3.8) is 0 Å². The van der Waals surface area contributed by atoms with Gasteiger partial charge in [0, 0.05) is 58.9 Å². The maximum Gasteiger partial charge on any atom is 0.338 e. The van der Waals surface area contributed by atoms with Crippen molar-refractivity contribution in [1.82, 2.24) is 19.9 Å². The summed E-state index contributed by atoms with van der Waals surface area (Å²) in [6, 6.07) is 11.9. The van der Waals surface area contributed by atoms with Gasteiger partial charge < -0.3 is 14.8 Å². The molecule has 0 bridgehead atoms. The predicted molar refractivity (Wildman–Crippen MR) is 167 cm³/mol. The first-order chi connectivity index (χ1) is 21.1. The van der Waals surface area contributed by atoms with Crippen LogP contribution in [0.25, 0.3) is 0 Å². The molecular formula is C29H29Cl2N5O6S2. The van der Waals surface area contributed by atoms with E-state index in [-0.39, 0.29) is 17.4 Å². The van der Waals surface area contributed by atoms with E-state index >= 15 is 0 Å². The molecule has 2 aliphatic rings. The summed E-state index contributed by atoms with van der Waals surface area (Å²) >= 11 is 14.1. The number of amides is 1. The molecule has 0 aliphatic carbocycles. The van der Waals surface area contributed by atoms with Crippen LogP contribution in [0.5, 0.6) is 0 Å². The van der Waals surface area contributed by atoms with Gasteiger partial charge in [0.15, 0.2) is 10.8 Å². The number of hydrogen-bond acceptors (Lipinski definition) is 11. The molecule has 0 radical (unpaired) electrons. The van der Waals surface area contributed by atoms with Crippen molar-refractivity contribution in [1.29, 1.82) is 0 Å². The summed E-state index contributed by atoms with van der Waals surface area (Å²) in [7, 11) is -2.65. The van der Waals surface area contributed by atoms with E-state index in [4.69, 9.17) is 37.7 Å². The van der Waals surface area contributed by atoms with Crippen molar-refractivity contribution in [2.45, 2.75) is 29.9 Å². The van der Waals surface area contributed by atoms with Crippen LogP contribution in [-0.4, -0.2) is 75.5 Å². The first kappa shape index (κ1) is 32.1. The zero-order valence-corrected chi connectivity index (χ0v) is 26.7. The lowest BCUT2D eigenvalue weighted by Gasteiger charge is -2.35. The second-order valence-electron chi connectivity index (χ2n) is 10.0. The molecule has 2 atom stereocenters. The van der Waals surface area contributed by atoms with Crippen LogP contribution < -0.4 is 10.0 Å². The minimum Gasteiger partial charge on any atom is -0.466 e. The van der Waals surface area contributed by atoms with Crippen LogP contribution >= 0.6 is 34.5 Å². The van der Waals surface area contributed by atoms with Gasteiger partial charge in [-0.15, -0.1) is 11.3 Å². The Morgan fingerprint density at radius 2 is 2.00 bits per heavy atom. The van der Waals surface area contributed by atoms with Gasteiger partial charge in [0.25, 0.3) is 10.0 Å². The molecule has 11 nitrogen and oxygen atoms in total. The Bertz CT molecular complexity index is 1680. The number of nitrogens with zero attached hydrogens (tertiary/aromatic N) is 3. The zero-order valence-electron chi connectivity index (χ0n) is 23.5. The number of halogens is 2. The lowest BCUT2D eigenvalue weighted by Crippen LogP contribution is -2.46. The molecule has 2 N–H and O–H groups in total.